The van der Waals surface area contributed by atoms with E-state index in [1.807, 2.05) is 6.07 Å². The van der Waals surface area contributed by atoms with Crippen molar-refractivity contribution in [2.75, 3.05) is 21.3 Å². The van der Waals surface area contributed by atoms with Crippen LogP contribution >= 0.6 is 0 Å². The van der Waals surface area contributed by atoms with Crippen LogP contribution in [0.25, 0.3) is 21.5 Å². The van der Waals surface area contributed by atoms with Crippen LogP contribution in [0.4, 0.5) is 0 Å². The first-order valence-corrected chi connectivity index (χ1v) is 12.4. The van der Waals surface area contributed by atoms with Gasteiger partial charge >= 0.3 is 0 Å². The van der Waals surface area contributed by atoms with E-state index in [1.165, 1.54) is 42.2 Å². The van der Waals surface area contributed by atoms with Crippen molar-refractivity contribution in [2.45, 2.75) is 63.2 Å². The van der Waals surface area contributed by atoms with Crippen LogP contribution in [0.15, 0.2) is 30.3 Å². The van der Waals surface area contributed by atoms with Gasteiger partial charge < -0.3 is 24.4 Å². The first-order chi connectivity index (χ1) is 16.6. The topological polar surface area (TPSA) is 60.0 Å². The van der Waals surface area contributed by atoms with Crippen LogP contribution in [0, 0.1) is 0 Å². The largest absolute Gasteiger partial charge is 0.497 e. The third kappa shape index (κ3) is 3.22. The summed E-state index contributed by atoms with van der Waals surface area (Å²) in [6.07, 6.45) is 6.49. The zero-order valence-electron chi connectivity index (χ0n) is 20.1. The fourth-order valence-corrected chi connectivity index (χ4v) is 6.50. The second-order valence-electron chi connectivity index (χ2n) is 9.81. The first kappa shape index (κ1) is 21.5. The Morgan fingerprint density at radius 3 is 2.26 bits per heavy atom. The number of methoxy groups -OCH3 is 3. The quantitative estimate of drug-likeness (QED) is 0.537. The van der Waals surface area contributed by atoms with Crippen molar-refractivity contribution in [3.63, 3.8) is 0 Å². The van der Waals surface area contributed by atoms with Gasteiger partial charge in [-0.3, -0.25) is 4.79 Å². The van der Waals surface area contributed by atoms with Crippen LogP contribution in [0.2, 0.25) is 0 Å². The van der Waals surface area contributed by atoms with E-state index in [4.69, 9.17) is 14.2 Å². The second-order valence-corrected chi connectivity index (χ2v) is 9.81. The van der Waals surface area contributed by atoms with Crippen molar-refractivity contribution in [3.05, 3.63) is 41.5 Å². The molecule has 2 aliphatic heterocycles. The van der Waals surface area contributed by atoms with Gasteiger partial charge in [0.05, 0.1) is 33.4 Å². The highest BCUT2D eigenvalue weighted by molar-refractivity contribution is 6.12. The van der Waals surface area contributed by atoms with Crippen molar-refractivity contribution in [1.29, 1.82) is 0 Å². The molecule has 3 aromatic carbocycles. The highest BCUT2D eigenvalue weighted by Gasteiger charge is 2.44. The van der Waals surface area contributed by atoms with Crippen molar-refractivity contribution >= 4 is 27.5 Å². The first-order valence-electron chi connectivity index (χ1n) is 12.4. The molecule has 6 rings (SSSR count). The number of hydrogen-bond acceptors (Lipinski definition) is 5. The SMILES string of the molecule is COc1ccc2c3c(c4cc(OC)c(OC)cc4c2c1)CN1C(=O)CC[C@H]1[C@@H]3NC1CCCC1. The third-order valence-electron chi connectivity index (χ3n) is 8.15. The zero-order valence-corrected chi connectivity index (χ0v) is 20.1. The molecule has 0 spiro atoms. The lowest BCUT2D eigenvalue weighted by Gasteiger charge is -2.41. The van der Waals surface area contributed by atoms with E-state index in [2.05, 4.69) is 34.5 Å². The molecular weight excluding hydrogens is 428 g/mol. The Morgan fingerprint density at radius 1 is 0.853 bits per heavy atom. The maximum Gasteiger partial charge on any atom is 0.223 e. The molecule has 0 radical (unpaired) electrons. The number of nitrogens with zero attached hydrogens (tertiary/aromatic N) is 1. The van der Waals surface area contributed by atoms with Crippen LogP contribution in [-0.4, -0.2) is 44.2 Å². The van der Waals surface area contributed by atoms with Gasteiger partial charge in [-0.25, -0.2) is 0 Å². The zero-order chi connectivity index (χ0) is 23.4. The molecule has 1 N–H and O–H groups in total. The normalized spacial score (nSPS) is 22.3. The molecule has 2 heterocycles. The summed E-state index contributed by atoms with van der Waals surface area (Å²) in [6, 6.07) is 11.3. The molecule has 3 aliphatic rings. The minimum absolute atomic E-state index is 0.117. The van der Waals surface area contributed by atoms with E-state index in [1.54, 1.807) is 21.3 Å². The Labute approximate surface area is 200 Å². The van der Waals surface area contributed by atoms with Crippen LogP contribution < -0.4 is 19.5 Å². The molecule has 2 atom stereocenters. The Balaban J connectivity index is 1.67. The molecule has 0 unspecified atom stereocenters. The van der Waals surface area contributed by atoms with Crippen LogP contribution in [0.5, 0.6) is 17.2 Å². The fraction of sp³-hybridized carbons (Fsp3) is 0.464. The lowest BCUT2D eigenvalue weighted by Crippen LogP contribution is -2.48. The molecule has 178 valence electrons. The number of ether oxygens (including phenoxy) is 3. The van der Waals surface area contributed by atoms with E-state index in [0.29, 0.717) is 30.5 Å². The van der Waals surface area contributed by atoms with Gasteiger partial charge in [0.15, 0.2) is 11.5 Å². The van der Waals surface area contributed by atoms with Gasteiger partial charge in [-0.05, 0) is 76.2 Å². The molecule has 0 bridgehead atoms. The fourth-order valence-electron chi connectivity index (χ4n) is 6.50. The Morgan fingerprint density at radius 2 is 1.56 bits per heavy atom. The van der Waals surface area contributed by atoms with E-state index in [-0.39, 0.29) is 18.0 Å². The molecule has 6 heteroatoms. The summed E-state index contributed by atoms with van der Waals surface area (Å²) in [5.41, 5.74) is 2.55. The molecule has 1 amide bonds. The average molecular weight is 461 g/mol. The van der Waals surface area contributed by atoms with E-state index in [9.17, 15) is 4.79 Å². The summed E-state index contributed by atoms with van der Waals surface area (Å²) >= 11 is 0. The van der Waals surface area contributed by atoms with E-state index < -0.39 is 0 Å². The predicted octanol–water partition coefficient (Wildman–Crippen LogP) is 5.10. The number of fused-ring (bicyclic) bond motifs is 7. The Hall–Kier alpha value is -2.99. The average Bonchev–Trinajstić information content (AvgIpc) is 3.52. The third-order valence-corrected chi connectivity index (χ3v) is 8.15. The van der Waals surface area contributed by atoms with Gasteiger partial charge in [0.1, 0.15) is 5.75 Å². The number of benzene rings is 3. The minimum atomic E-state index is 0.117. The Bertz CT molecular complexity index is 1280. The molecule has 2 fully saturated rings. The number of amides is 1. The molecule has 1 saturated carbocycles. The van der Waals surface area contributed by atoms with Crippen molar-refractivity contribution in [2.24, 2.45) is 0 Å². The van der Waals surface area contributed by atoms with Crippen molar-refractivity contribution in [1.82, 2.24) is 10.2 Å². The van der Waals surface area contributed by atoms with Gasteiger partial charge in [0.25, 0.3) is 0 Å². The summed E-state index contributed by atoms with van der Waals surface area (Å²) in [6.45, 7) is 0.635. The maximum absolute atomic E-state index is 12.9. The highest BCUT2D eigenvalue weighted by Crippen LogP contribution is 2.48. The molecular formula is C28H32N2O4. The summed E-state index contributed by atoms with van der Waals surface area (Å²) in [7, 11) is 5.04. The van der Waals surface area contributed by atoms with Crippen LogP contribution in [0.3, 0.4) is 0 Å². The lowest BCUT2D eigenvalue weighted by atomic mass is 9.81. The maximum atomic E-state index is 12.9. The number of carbonyl (C=O) groups excluding carboxylic acids is 1. The summed E-state index contributed by atoms with van der Waals surface area (Å²) < 4.78 is 17.0. The smallest absolute Gasteiger partial charge is 0.223 e. The minimum Gasteiger partial charge on any atom is -0.497 e. The molecule has 6 nitrogen and oxygen atoms in total. The van der Waals surface area contributed by atoms with E-state index >= 15 is 0 Å². The second kappa shape index (κ2) is 8.35. The number of nitrogens with one attached hydrogen (secondary N) is 1. The van der Waals surface area contributed by atoms with E-state index in [0.717, 1.165) is 28.3 Å². The number of hydrogen-bond donors (Lipinski definition) is 1. The van der Waals surface area contributed by atoms with Gasteiger partial charge in [-0.1, -0.05) is 18.9 Å². The van der Waals surface area contributed by atoms with Crippen LogP contribution in [0.1, 0.15) is 55.7 Å². The Kier molecular flexibility index (Phi) is 5.29. The lowest BCUT2D eigenvalue weighted by molar-refractivity contribution is -0.130. The van der Waals surface area contributed by atoms with Gasteiger partial charge in [-0.2, -0.15) is 0 Å². The standard InChI is InChI=1S/C28H32N2O4/c1-32-17-8-9-18-19(12-17)20-13-24(33-2)25(34-3)14-21(20)22-15-30-23(10-11-26(30)31)28(27(18)22)29-16-6-4-5-7-16/h8-9,12-14,16,23,28-29H,4-7,10-11,15H2,1-3H3/t23-,28-/m0/s1. The van der Waals surface area contributed by atoms with Gasteiger partial charge in [0.2, 0.25) is 5.91 Å². The summed E-state index contributed by atoms with van der Waals surface area (Å²) in [5.74, 6) is 2.50. The van der Waals surface area contributed by atoms with Crippen molar-refractivity contribution < 1.29 is 19.0 Å². The monoisotopic (exact) mass is 460 g/mol. The highest BCUT2D eigenvalue weighted by atomic mass is 16.5. The van der Waals surface area contributed by atoms with Crippen molar-refractivity contribution in [3.8, 4) is 17.2 Å². The molecule has 3 aromatic rings. The summed E-state index contributed by atoms with van der Waals surface area (Å²) in [4.78, 5) is 15.1. The molecule has 34 heavy (non-hydrogen) atoms. The van der Waals surface area contributed by atoms with Crippen LogP contribution in [-0.2, 0) is 11.3 Å². The molecule has 1 aliphatic carbocycles. The number of carbonyl (C=O) groups is 1. The predicted molar refractivity (Wildman–Crippen MR) is 133 cm³/mol. The summed E-state index contributed by atoms with van der Waals surface area (Å²) in [5, 5.41) is 8.60. The van der Waals surface area contributed by atoms with Gasteiger partial charge in [-0.15, -0.1) is 0 Å². The number of rotatable bonds is 5. The van der Waals surface area contributed by atoms with Gasteiger partial charge in [0, 0.05) is 19.0 Å². The molecule has 0 aromatic heterocycles. The molecule has 1 saturated heterocycles.